The summed E-state index contributed by atoms with van der Waals surface area (Å²) in [6, 6.07) is 2.72. The number of carbonyl (C=O) groups is 1. The van der Waals surface area contributed by atoms with E-state index in [1.807, 2.05) is 0 Å². The van der Waals surface area contributed by atoms with Crippen molar-refractivity contribution >= 4 is 5.97 Å². The Hall–Kier alpha value is -2.24. The average Bonchev–Trinajstić information content (AvgIpc) is 2.93. The fourth-order valence-corrected chi connectivity index (χ4v) is 2.67. The molecule has 0 aliphatic rings. The summed E-state index contributed by atoms with van der Waals surface area (Å²) in [6.45, 7) is 2.10. The zero-order chi connectivity index (χ0) is 17.7. The number of benzene rings is 1. The van der Waals surface area contributed by atoms with Gasteiger partial charge in [0.25, 0.3) is 0 Å². The molecule has 0 fully saturated rings. The van der Waals surface area contributed by atoms with Gasteiger partial charge in [-0.3, -0.25) is 0 Å². The molecule has 0 bridgehead atoms. The van der Waals surface area contributed by atoms with Crippen LogP contribution in [0.3, 0.4) is 0 Å². The van der Waals surface area contributed by atoms with Crippen molar-refractivity contribution in [3.05, 3.63) is 47.0 Å². The highest BCUT2D eigenvalue weighted by Crippen LogP contribution is 2.30. The summed E-state index contributed by atoms with van der Waals surface area (Å²) in [5, 5.41) is 8.81. The lowest BCUT2D eigenvalue weighted by Gasteiger charge is -2.08. The highest BCUT2D eigenvalue weighted by atomic mass is 19.2. The molecule has 0 amide bonds. The Bertz CT molecular complexity index is 725. The van der Waals surface area contributed by atoms with Gasteiger partial charge in [-0.25, -0.2) is 18.0 Å². The second kappa shape index (κ2) is 8.04. The normalized spacial score (nSPS) is 11.0. The number of hydrogen-bond acceptors (Lipinski definition) is 1. The third-order valence-electron chi connectivity index (χ3n) is 4.03. The van der Waals surface area contributed by atoms with Crippen molar-refractivity contribution in [1.29, 1.82) is 0 Å². The van der Waals surface area contributed by atoms with Crippen LogP contribution in [0.15, 0.2) is 18.3 Å². The third kappa shape index (κ3) is 3.80. The van der Waals surface area contributed by atoms with Crippen LogP contribution in [0.1, 0.15) is 55.1 Å². The van der Waals surface area contributed by atoms with Crippen molar-refractivity contribution in [3.63, 3.8) is 0 Å². The summed E-state index contributed by atoms with van der Waals surface area (Å²) >= 11 is 0. The van der Waals surface area contributed by atoms with E-state index in [-0.39, 0.29) is 16.7 Å². The zero-order valence-corrected chi connectivity index (χ0v) is 13.5. The number of aromatic nitrogens is 1. The summed E-state index contributed by atoms with van der Waals surface area (Å²) in [5.74, 6) is -4.76. The van der Waals surface area contributed by atoms with Crippen LogP contribution in [0.2, 0.25) is 0 Å². The Kier molecular flexibility index (Phi) is 6.06. The smallest absolute Gasteiger partial charge is 0.355 e. The second-order valence-corrected chi connectivity index (χ2v) is 5.76. The molecule has 1 heterocycles. The van der Waals surface area contributed by atoms with E-state index in [2.05, 4.69) is 11.9 Å². The first-order valence-corrected chi connectivity index (χ1v) is 8.04. The van der Waals surface area contributed by atoms with Crippen molar-refractivity contribution in [2.45, 2.75) is 45.4 Å². The second-order valence-electron chi connectivity index (χ2n) is 5.76. The molecular weight excluding hydrogens is 319 g/mol. The Labute approximate surface area is 138 Å². The van der Waals surface area contributed by atoms with E-state index in [9.17, 15) is 18.0 Å². The summed E-state index contributed by atoms with van der Waals surface area (Å²) < 4.78 is 42.5. The molecule has 0 saturated carbocycles. The predicted molar refractivity (Wildman–Crippen MR) is 85.5 cm³/mol. The third-order valence-corrected chi connectivity index (χ3v) is 4.03. The first-order chi connectivity index (χ1) is 11.5. The molecule has 2 rings (SSSR count). The van der Waals surface area contributed by atoms with Crippen LogP contribution in [-0.2, 0) is 6.42 Å². The summed E-state index contributed by atoms with van der Waals surface area (Å²) in [7, 11) is 0. The van der Waals surface area contributed by atoms with Crippen LogP contribution in [0, 0.1) is 17.5 Å². The number of H-pyrrole nitrogens is 1. The maximum Gasteiger partial charge on any atom is 0.355 e. The van der Waals surface area contributed by atoms with Crippen LogP contribution >= 0.6 is 0 Å². The number of halogens is 3. The van der Waals surface area contributed by atoms with E-state index >= 15 is 0 Å². The van der Waals surface area contributed by atoms with Gasteiger partial charge in [-0.05, 0) is 18.4 Å². The van der Waals surface area contributed by atoms with E-state index < -0.39 is 29.1 Å². The molecule has 2 N–H and O–H groups in total. The molecule has 0 spiro atoms. The number of carboxylic acids is 1. The van der Waals surface area contributed by atoms with Gasteiger partial charge in [0.15, 0.2) is 23.1 Å². The average molecular weight is 339 g/mol. The monoisotopic (exact) mass is 339 g/mol. The molecule has 2 aromatic rings. The number of aromatic amines is 1. The number of carboxylic acid groups (broad SMARTS) is 1. The molecular formula is C18H20F3NO2. The molecule has 130 valence electrons. The molecule has 0 saturated heterocycles. The molecule has 1 aromatic heterocycles. The fraction of sp³-hybridized carbons (Fsp3) is 0.389. The first-order valence-electron chi connectivity index (χ1n) is 8.04. The van der Waals surface area contributed by atoms with Crippen molar-refractivity contribution in [1.82, 2.24) is 4.98 Å². The zero-order valence-electron chi connectivity index (χ0n) is 13.5. The van der Waals surface area contributed by atoms with Gasteiger partial charge < -0.3 is 10.1 Å². The SMILES string of the molecule is CCCCCCCc1ccc(-c2c[nH]c(C(=O)O)c2F)c(F)c1F. The summed E-state index contributed by atoms with van der Waals surface area (Å²) in [5.41, 5.74) is -1.01. The van der Waals surface area contributed by atoms with E-state index in [0.717, 1.165) is 38.3 Å². The van der Waals surface area contributed by atoms with Gasteiger partial charge in [0, 0.05) is 17.3 Å². The van der Waals surface area contributed by atoms with Crippen LogP contribution < -0.4 is 0 Å². The van der Waals surface area contributed by atoms with Gasteiger partial charge in [-0.1, -0.05) is 44.7 Å². The number of hydrogen-bond donors (Lipinski definition) is 2. The van der Waals surface area contributed by atoms with Crippen LogP contribution in [0.25, 0.3) is 11.1 Å². The number of rotatable bonds is 8. The Morgan fingerprint density at radius 1 is 1.00 bits per heavy atom. The standard InChI is InChI=1S/C18H20F3NO2/c1-2-3-4-5-6-7-11-8-9-12(15(20)14(11)19)13-10-22-17(16(13)21)18(23)24/h8-10,22H,2-7H2,1H3,(H,23,24). The first kappa shape index (κ1) is 18.1. The summed E-state index contributed by atoms with van der Waals surface area (Å²) in [6.07, 6.45) is 6.45. The number of unbranched alkanes of at least 4 members (excludes halogenated alkanes) is 4. The molecule has 1 aromatic carbocycles. The van der Waals surface area contributed by atoms with E-state index in [1.54, 1.807) is 0 Å². The van der Waals surface area contributed by atoms with Crippen LogP contribution in [0.4, 0.5) is 13.2 Å². The lowest BCUT2D eigenvalue weighted by atomic mass is 10.0. The largest absolute Gasteiger partial charge is 0.476 e. The molecule has 0 unspecified atom stereocenters. The quantitative estimate of drug-likeness (QED) is 0.640. The van der Waals surface area contributed by atoms with Crippen LogP contribution in [-0.4, -0.2) is 16.1 Å². The number of nitrogens with one attached hydrogen (secondary N) is 1. The molecule has 0 aliphatic carbocycles. The number of aromatic carboxylic acids is 1. The van der Waals surface area contributed by atoms with Crippen LogP contribution in [0.5, 0.6) is 0 Å². The molecule has 24 heavy (non-hydrogen) atoms. The Morgan fingerprint density at radius 2 is 1.71 bits per heavy atom. The van der Waals surface area contributed by atoms with Gasteiger partial charge in [0.1, 0.15) is 0 Å². The minimum Gasteiger partial charge on any atom is -0.476 e. The maximum absolute atomic E-state index is 14.3. The Morgan fingerprint density at radius 3 is 2.33 bits per heavy atom. The minimum absolute atomic E-state index is 0.252. The highest BCUT2D eigenvalue weighted by molar-refractivity contribution is 5.88. The Balaban J connectivity index is 2.19. The maximum atomic E-state index is 14.3. The molecule has 6 heteroatoms. The van der Waals surface area contributed by atoms with Gasteiger partial charge in [0.2, 0.25) is 0 Å². The number of aryl methyl sites for hydroxylation is 1. The summed E-state index contributed by atoms with van der Waals surface area (Å²) in [4.78, 5) is 13.0. The predicted octanol–water partition coefficient (Wildman–Crippen LogP) is 5.31. The molecule has 3 nitrogen and oxygen atoms in total. The van der Waals surface area contributed by atoms with Crippen molar-refractivity contribution in [3.8, 4) is 11.1 Å². The van der Waals surface area contributed by atoms with Crippen molar-refractivity contribution < 1.29 is 23.1 Å². The lowest BCUT2D eigenvalue weighted by Crippen LogP contribution is -2.00. The van der Waals surface area contributed by atoms with Gasteiger partial charge >= 0.3 is 5.97 Å². The fourth-order valence-electron chi connectivity index (χ4n) is 2.67. The van der Waals surface area contributed by atoms with Gasteiger partial charge in [-0.2, -0.15) is 0 Å². The lowest BCUT2D eigenvalue weighted by molar-refractivity contribution is 0.0686. The molecule has 0 atom stereocenters. The van der Waals surface area contributed by atoms with Gasteiger partial charge in [0.05, 0.1) is 0 Å². The topological polar surface area (TPSA) is 53.1 Å². The highest BCUT2D eigenvalue weighted by Gasteiger charge is 2.22. The van der Waals surface area contributed by atoms with E-state index in [0.29, 0.717) is 6.42 Å². The molecule has 0 aliphatic heterocycles. The van der Waals surface area contributed by atoms with E-state index in [1.165, 1.54) is 12.1 Å². The molecule has 0 radical (unpaired) electrons. The van der Waals surface area contributed by atoms with E-state index in [4.69, 9.17) is 5.11 Å². The minimum atomic E-state index is -1.50. The van der Waals surface area contributed by atoms with Crippen molar-refractivity contribution in [2.24, 2.45) is 0 Å². The van der Waals surface area contributed by atoms with Crippen molar-refractivity contribution in [2.75, 3.05) is 0 Å². The van der Waals surface area contributed by atoms with Gasteiger partial charge in [-0.15, -0.1) is 0 Å².